The Hall–Kier alpha value is -3.27. The smallest absolute Gasteiger partial charge is 0.234 e. The van der Waals surface area contributed by atoms with Crippen LogP contribution in [-0.4, -0.2) is 24.7 Å². The molecule has 33 heavy (non-hydrogen) atoms. The van der Waals surface area contributed by atoms with Gasteiger partial charge in [-0.3, -0.25) is 4.79 Å². The Balaban J connectivity index is 1.65. The fraction of sp³-hybridized carbons (Fsp3) is 0.345. The van der Waals surface area contributed by atoms with E-state index in [-0.39, 0.29) is 17.6 Å². The normalized spacial score (nSPS) is 15.2. The van der Waals surface area contributed by atoms with E-state index in [1.54, 1.807) is 19.2 Å². The summed E-state index contributed by atoms with van der Waals surface area (Å²) in [5, 5.41) is 9.60. The van der Waals surface area contributed by atoms with Crippen molar-refractivity contribution < 1.29 is 14.6 Å². The number of hydrogen-bond donors (Lipinski definition) is 1. The van der Waals surface area contributed by atoms with Gasteiger partial charge in [-0.1, -0.05) is 44.2 Å². The Morgan fingerprint density at radius 3 is 2.45 bits per heavy atom. The molecule has 1 unspecified atom stereocenters. The van der Waals surface area contributed by atoms with E-state index in [1.165, 1.54) is 11.1 Å². The molecular weight excluding hydrogens is 410 g/mol. The molecule has 172 valence electrons. The van der Waals surface area contributed by atoms with E-state index >= 15 is 0 Å². The van der Waals surface area contributed by atoms with Gasteiger partial charge in [0, 0.05) is 12.2 Å². The van der Waals surface area contributed by atoms with Crippen molar-refractivity contribution in [1.29, 1.82) is 0 Å². The number of aromatic hydroxyl groups is 1. The van der Waals surface area contributed by atoms with Gasteiger partial charge in [-0.05, 0) is 90.3 Å². The summed E-state index contributed by atoms with van der Waals surface area (Å²) in [6, 6.07) is 21.7. The first kappa shape index (κ1) is 22.9. The van der Waals surface area contributed by atoms with Crippen molar-refractivity contribution in [1.82, 2.24) is 0 Å². The molecular formula is C29H33NO3. The highest BCUT2D eigenvalue weighted by atomic mass is 16.5. The van der Waals surface area contributed by atoms with E-state index < -0.39 is 0 Å². The second-order valence-electron chi connectivity index (χ2n) is 9.16. The number of rotatable bonds is 7. The lowest BCUT2D eigenvalue weighted by molar-refractivity contribution is -0.120. The van der Waals surface area contributed by atoms with Crippen LogP contribution in [0, 0.1) is 0 Å². The van der Waals surface area contributed by atoms with Crippen molar-refractivity contribution in [2.45, 2.75) is 51.4 Å². The summed E-state index contributed by atoms with van der Waals surface area (Å²) in [7, 11) is 1.67. The van der Waals surface area contributed by atoms with Crippen LogP contribution in [0.2, 0.25) is 0 Å². The number of nitrogens with zero attached hydrogens (tertiary/aromatic N) is 1. The molecule has 0 aromatic heterocycles. The molecule has 1 aliphatic rings. The number of carbonyl (C=O) groups excluding carboxylic acids is 1. The van der Waals surface area contributed by atoms with Crippen LogP contribution >= 0.6 is 0 Å². The molecule has 0 saturated heterocycles. The van der Waals surface area contributed by atoms with Crippen molar-refractivity contribution in [3.63, 3.8) is 0 Å². The van der Waals surface area contributed by atoms with Gasteiger partial charge in [-0.15, -0.1) is 0 Å². The Bertz CT molecular complexity index is 1090. The second-order valence-corrected chi connectivity index (χ2v) is 9.16. The van der Waals surface area contributed by atoms with Crippen LogP contribution in [0.5, 0.6) is 11.5 Å². The number of ether oxygens (including phenoxy) is 1. The lowest BCUT2D eigenvalue weighted by Gasteiger charge is -2.31. The summed E-state index contributed by atoms with van der Waals surface area (Å²) in [5.74, 6) is 1.46. The molecule has 0 spiro atoms. The first-order valence-electron chi connectivity index (χ1n) is 11.8. The zero-order valence-corrected chi connectivity index (χ0v) is 19.8. The van der Waals surface area contributed by atoms with Gasteiger partial charge in [0.25, 0.3) is 0 Å². The molecule has 1 aliphatic carbocycles. The number of aryl methyl sites for hydroxylation is 1. The van der Waals surface area contributed by atoms with Gasteiger partial charge < -0.3 is 14.7 Å². The number of carbonyl (C=O) groups is 1. The summed E-state index contributed by atoms with van der Waals surface area (Å²) in [5.41, 5.74) is 5.62. The third-order valence-corrected chi connectivity index (χ3v) is 6.66. The molecule has 0 saturated carbocycles. The average Bonchev–Trinajstić information content (AvgIpc) is 2.84. The predicted molar refractivity (Wildman–Crippen MR) is 133 cm³/mol. The van der Waals surface area contributed by atoms with Crippen molar-refractivity contribution in [3.05, 3.63) is 89.0 Å². The highest BCUT2D eigenvalue weighted by Crippen LogP contribution is 2.36. The summed E-state index contributed by atoms with van der Waals surface area (Å²) in [4.78, 5) is 15.9. The minimum Gasteiger partial charge on any atom is -0.508 e. The average molecular weight is 444 g/mol. The SMILES string of the molecule is COc1ccc2c(c1)C(C(=O)N(CCc1ccc(O)cc1)c1ccc(C(C)C)cc1)CCC2. The topological polar surface area (TPSA) is 49.8 Å². The van der Waals surface area contributed by atoms with E-state index in [0.29, 0.717) is 12.5 Å². The summed E-state index contributed by atoms with van der Waals surface area (Å²) in [6.45, 7) is 4.94. The fourth-order valence-corrected chi connectivity index (χ4v) is 4.66. The van der Waals surface area contributed by atoms with Crippen LogP contribution in [-0.2, 0) is 17.6 Å². The minimum absolute atomic E-state index is 0.139. The second kappa shape index (κ2) is 10.1. The molecule has 3 aromatic carbocycles. The van der Waals surface area contributed by atoms with Gasteiger partial charge in [0.2, 0.25) is 5.91 Å². The largest absolute Gasteiger partial charge is 0.508 e. The van der Waals surface area contributed by atoms with E-state index in [2.05, 4.69) is 44.2 Å². The first-order valence-corrected chi connectivity index (χ1v) is 11.8. The molecule has 3 aromatic rings. The maximum absolute atomic E-state index is 14.0. The van der Waals surface area contributed by atoms with Crippen LogP contribution in [0.15, 0.2) is 66.7 Å². The highest BCUT2D eigenvalue weighted by Gasteiger charge is 2.31. The van der Waals surface area contributed by atoms with Crippen molar-refractivity contribution in [2.24, 2.45) is 0 Å². The molecule has 0 bridgehead atoms. The number of benzene rings is 3. The van der Waals surface area contributed by atoms with Crippen LogP contribution in [0.3, 0.4) is 0 Å². The molecule has 1 N–H and O–H groups in total. The molecule has 0 radical (unpaired) electrons. The number of amides is 1. The lowest BCUT2D eigenvalue weighted by Crippen LogP contribution is -2.38. The Morgan fingerprint density at radius 2 is 1.79 bits per heavy atom. The Labute approximate surface area is 196 Å². The van der Waals surface area contributed by atoms with Gasteiger partial charge in [-0.25, -0.2) is 0 Å². The quantitative estimate of drug-likeness (QED) is 0.472. The third kappa shape index (κ3) is 5.22. The summed E-state index contributed by atoms with van der Waals surface area (Å²) >= 11 is 0. The lowest BCUT2D eigenvalue weighted by atomic mass is 9.81. The zero-order chi connectivity index (χ0) is 23.4. The molecule has 0 aliphatic heterocycles. The summed E-state index contributed by atoms with van der Waals surface area (Å²) in [6.07, 6.45) is 3.57. The van der Waals surface area contributed by atoms with Gasteiger partial charge >= 0.3 is 0 Å². The number of fused-ring (bicyclic) bond motifs is 1. The van der Waals surface area contributed by atoms with Crippen LogP contribution < -0.4 is 9.64 Å². The molecule has 1 amide bonds. The van der Waals surface area contributed by atoms with Crippen molar-refractivity contribution >= 4 is 11.6 Å². The van der Waals surface area contributed by atoms with Crippen LogP contribution in [0.25, 0.3) is 0 Å². The number of phenols is 1. The molecule has 4 heteroatoms. The third-order valence-electron chi connectivity index (χ3n) is 6.66. The Morgan fingerprint density at radius 1 is 1.06 bits per heavy atom. The van der Waals surface area contributed by atoms with Gasteiger partial charge in [0.15, 0.2) is 0 Å². The summed E-state index contributed by atoms with van der Waals surface area (Å²) < 4.78 is 5.46. The van der Waals surface area contributed by atoms with Crippen LogP contribution in [0.4, 0.5) is 5.69 Å². The maximum Gasteiger partial charge on any atom is 0.234 e. The molecule has 4 rings (SSSR count). The number of hydrogen-bond acceptors (Lipinski definition) is 3. The monoisotopic (exact) mass is 443 g/mol. The van der Waals surface area contributed by atoms with Crippen LogP contribution in [0.1, 0.15) is 60.8 Å². The standard InChI is InChI=1S/C29H33NO3/c1-20(2)22-9-12-24(13-10-22)30(18-17-21-7-14-25(31)15-8-21)29(32)27-6-4-5-23-11-16-26(33-3)19-28(23)27/h7-16,19-20,27,31H,4-6,17-18H2,1-3H3. The predicted octanol–water partition coefficient (Wildman–Crippen LogP) is 6.22. The van der Waals surface area contributed by atoms with E-state index in [9.17, 15) is 9.90 Å². The van der Waals surface area contributed by atoms with Gasteiger partial charge in [-0.2, -0.15) is 0 Å². The number of phenolic OH excluding ortho intramolecular Hbond substituents is 1. The minimum atomic E-state index is -0.173. The molecule has 0 fully saturated rings. The Kier molecular flexibility index (Phi) is 7.02. The number of methoxy groups -OCH3 is 1. The van der Waals surface area contributed by atoms with E-state index in [1.807, 2.05) is 29.2 Å². The van der Waals surface area contributed by atoms with E-state index in [0.717, 1.165) is 48.2 Å². The first-order chi connectivity index (χ1) is 16.0. The zero-order valence-electron chi connectivity index (χ0n) is 19.8. The van der Waals surface area contributed by atoms with Crippen molar-refractivity contribution in [3.8, 4) is 11.5 Å². The van der Waals surface area contributed by atoms with Gasteiger partial charge in [0.1, 0.15) is 11.5 Å². The highest BCUT2D eigenvalue weighted by molar-refractivity contribution is 5.98. The molecule has 1 atom stereocenters. The van der Waals surface area contributed by atoms with Crippen molar-refractivity contribution in [2.75, 3.05) is 18.6 Å². The molecule has 0 heterocycles. The fourth-order valence-electron chi connectivity index (χ4n) is 4.66. The molecule has 4 nitrogen and oxygen atoms in total. The maximum atomic E-state index is 14.0. The van der Waals surface area contributed by atoms with E-state index in [4.69, 9.17) is 4.74 Å². The van der Waals surface area contributed by atoms with Gasteiger partial charge in [0.05, 0.1) is 13.0 Å². The number of anilines is 1.